The number of amides is 2. The molecule has 6 nitrogen and oxygen atoms in total. The fourth-order valence-electron chi connectivity index (χ4n) is 3.29. The molecule has 0 unspecified atom stereocenters. The number of fused-ring (bicyclic) bond motifs is 1. The van der Waals surface area contributed by atoms with Gasteiger partial charge in [0.1, 0.15) is 5.82 Å². The average molecular weight is 338 g/mol. The van der Waals surface area contributed by atoms with E-state index in [4.69, 9.17) is 4.74 Å². The molecule has 0 saturated carbocycles. The highest BCUT2D eigenvalue weighted by Crippen LogP contribution is 2.22. The second-order valence-electron chi connectivity index (χ2n) is 6.37. The third-order valence-electron chi connectivity index (χ3n) is 4.68. The smallest absolute Gasteiger partial charge is 0.318 e. The maximum absolute atomic E-state index is 12.4. The molecule has 6 heteroatoms. The summed E-state index contributed by atoms with van der Waals surface area (Å²) in [6.07, 6.45) is 0. The van der Waals surface area contributed by atoms with E-state index in [0.29, 0.717) is 19.6 Å². The number of hydrogen-bond acceptors (Lipinski definition) is 4. The first-order valence-electron chi connectivity index (χ1n) is 8.68. The molecule has 2 aliphatic rings. The van der Waals surface area contributed by atoms with Crippen molar-refractivity contribution in [3.05, 3.63) is 59.3 Å². The summed E-state index contributed by atoms with van der Waals surface area (Å²) in [6, 6.07) is 14.1. The maximum atomic E-state index is 12.4. The van der Waals surface area contributed by atoms with Crippen LogP contribution in [-0.4, -0.2) is 42.2 Å². The molecule has 4 rings (SSSR count). The molecule has 0 bridgehead atoms. The van der Waals surface area contributed by atoms with Crippen molar-refractivity contribution in [3.8, 4) is 0 Å². The predicted octanol–water partition coefficient (Wildman–Crippen LogP) is 2.14. The SMILES string of the molecule is O=C(NCc1cccc(N2CCOCC2)n1)N1Cc2ccccc2C1. The van der Waals surface area contributed by atoms with E-state index in [2.05, 4.69) is 27.3 Å². The van der Waals surface area contributed by atoms with Gasteiger partial charge in [-0.2, -0.15) is 0 Å². The lowest BCUT2D eigenvalue weighted by Gasteiger charge is -2.28. The number of nitrogens with zero attached hydrogens (tertiary/aromatic N) is 3. The van der Waals surface area contributed by atoms with Gasteiger partial charge < -0.3 is 19.9 Å². The summed E-state index contributed by atoms with van der Waals surface area (Å²) in [4.78, 5) is 21.1. The Morgan fingerprint density at radius 1 is 1.04 bits per heavy atom. The molecule has 1 aromatic heterocycles. The van der Waals surface area contributed by atoms with Gasteiger partial charge in [0.05, 0.1) is 25.5 Å². The number of carbonyl (C=O) groups excluding carboxylic acids is 1. The summed E-state index contributed by atoms with van der Waals surface area (Å²) in [7, 11) is 0. The van der Waals surface area contributed by atoms with Crippen LogP contribution in [0.25, 0.3) is 0 Å². The monoisotopic (exact) mass is 338 g/mol. The van der Waals surface area contributed by atoms with Crippen molar-refractivity contribution >= 4 is 11.8 Å². The molecule has 1 N–H and O–H groups in total. The van der Waals surface area contributed by atoms with Crippen LogP contribution in [0.4, 0.5) is 10.6 Å². The Labute approximate surface area is 147 Å². The number of anilines is 1. The fourth-order valence-corrected chi connectivity index (χ4v) is 3.29. The highest BCUT2D eigenvalue weighted by Gasteiger charge is 2.22. The first-order chi connectivity index (χ1) is 12.3. The van der Waals surface area contributed by atoms with Gasteiger partial charge in [-0.15, -0.1) is 0 Å². The molecule has 1 aromatic carbocycles. The molecule has 3 heterocycles. The van der Waals surface area contributed by atoms with E-state index in [9.17, 15) is 4.79 Å². The van der Waals surface area contributed by atoms with Gasteiger partial charge in [-0.05, 0) is 23.3 Å². The van der Waals surface area contributed by atoms with E-state index in [0.717, 1.165) is 37.8 Å². The molecule has 0 radical (unpaired) electrons. The second kappa shape index (κ2) is 7.11. The van der Waals surface area contributed by atoms with Gasteiger partial charge >= 0.3 is 6.03 Å². The topological polar surface area (TPSA) is 57.7 Å². The van der Waals surface area contributed by atoms with Crippen LogP contribution < -0.4 is 10.2 Å². The first-order valence-corrected chi connectivity index (χ1v) is 8.68. The Morgan fingerprint density at radius 3 is 2.48 bits per heavy atom. The Kier molecular flexibility index (Phi) is 4.52. The van der Waals surface area contributed by atoms with Gasteiger partial charge in [0, 0.05) is 26.2 Å². The lowest BCUT2D eigenvalue weighted by atomic mass is 10.1. The number of nitrogens with one attached hydrogen (secondary N) is 1. The van der Waals surface area contributed by atoms with Crippen molar-refractivity contribution < 1.29 is 9.53 Å². The zero-order chi connectivity index (χ0) is 17.1. The normalized spacial score (nSPS) is 16.6. The number of carbonyl (C=O) groups is 1. The number of aromatic nitrogens is 1. The number of rotatable bonds is 3. The summed E-state index contributed by atoms with van der Waals surface area (Å²) in [5.74, 6) is 0.948. The van der Waals surface area contributed by atoms with Crippen LogP contribution in [0, 0.1) is 0 Å². The summed E-state index contributed by atoms with van der Waals surface area (Å²) < 4.78 is 5.38. The maximum Gasteiger partial charge on any atom is 0.318 e. The molecule has 25 heavy (non-hydrogen) atoms. The van der Waals surface area contributed by atoms with E-state index < -0.39 is 0 Å². The standard InChI is InChI=1S/C19H22N4O2/c24-19(23-13-15-4-1-2-5-16(15)14-23)20-12-17-6-3-7-18(21-17)22-8-10-25-11-9-22/h1-7H,8-14H2,(H,20,24). The number of hydrogen-bond donors (Lipinski definition) is 1. The Bertz CT molecular complexity index is 734. The molecule has 2 aliphatic heterocycles. The second-order valence-corrected chi connectivity index (χ2v) is 6.37. The molecule has 1 fully saturated rings. The summed E-state index contributed by atoms with van der Waals surface area (Å²) in [6.45, 7) is 4.95. The molecule has 2 amide bonds. The molecule has 2 aromatic rings. The molecule has 0 atom stereocenters. The molecular formula is C19H22N4O2. The lowest BCUT2D eigenvalue weighted by Crippen LogP contribution is -2.37. The Balaban J connectivity index is 1.35. The summed E-state index contributed by atoms with van der Waals surface area (Å²) in [5, 5.41) is 2.99. The van der Waals surface area contributed by atoms with Gasteiger partial charge in [-0.1, -0.05) is 30.3 Å². The highest BCUT2D eigenvalue weighted by atomic mass is 16.5. The zero-order valence-electron chi connectivity index (χ0n) is 14.1. The minimum absolute atomic E-state index is 0.0465. The molecule has 0 aliphatic carbocycles. The van der Waals surface area contributed by atoms with E-state index in [1.54, 1.807) is 0 Å². The molecule has 1 saturated heterocycles. The number of morpholine rings is 1. The van der Waals surface area contributed by atoms with E-state index in [-0.39, 0.29) is 6.03 Å². The fraction of sp³-hybridized carbons (Fsp3) is 0.368. The largest absolute Gasteiger partial charge is 0.378 e. The molecular weight excluding hydrogens is 316 g/mol. The van der Waals surface area contributed by atoms with Crippen LogP contribution in [-0.2, 0) is 24.4 Å². The van der Waals surface area contributed by atoms with Gasteiger partial charge in [-0.25, -0.2) is 9.78 Å². The van der Waals surface area contributed by atoms with E-state index >= 15 is 0 Å². The number of urea groups is 1. The Morgan fingerprint density at radius 2 is 1.76 bits per heavy atom. The zero-order valence-corrected chi connectivity index (χ0v) is 14.1. The van der Waals surface area contributed by atoms with Crippen molar-refractivity contribution in [3.63, 3.8) is 0 Å². The quantitative estimate of drug-likeness (QED) is 0.932. The van der Waals surface area contributed by atoms with Crippen LogP contribution in [0.1, 0.15) is 16.8 Å². The lowest BCUT2D eigenvalue weighted by molar-refractivity contribution is 0.122. The van der Waals surface area contributed by atoms with Crippen LogP contribution in [0.3, 0.4) is 0 Å². The Hall–Kier alpha value is -2.60. The van der Waals surface area contributed by atoms with Crippen LogP contribution in [0.15, 0.2) is 42.5 Å². The van der Waals surface area contributed by atoms with Crippen molar-refractivity contribution in [2.24, 2.45) is 0 Å². The third-order valence-corrected chi connectivity index (χ3v) is 4.68. The van der Waals surface area contributed by atoms with Gasteiger partial charge in [-0.3, -0.25) is 0 Å². The van der Waals surface area contributed by atoms with Crippen LogP contribution in [0.5, 0.6) is 0 Å². The van der Waals surface area contributed by atoms with E-state index in [1.807, 2.05) is 35.2 Å². The highest BCUT2D eigenvalue weighted by molar-refractivity contribution is 5.75. The summed E-state index contributed by atoms with van der Waals surface area (Å²) in [5.41, 5.74) is 3.32. The predicted molar refractivity (Wildman–Crippen MR) is 95.2 cm³/mol. The van der Waals surface area contributed by atoms with Crippen molar-refractivity contribution in [1.82, 2.24) is 15.2 Å². The van der Waals surface area contributed by atoms with Crippen molar-refractivity contribution in [2.45, 2.75) is 19.6 Å². The van der Waals surface area contributed by atoms with Crippen LogP contribution in [0.2, 0.25) is 0 Å². The van der Waals surface area contributed by atoms with Gasteiger partial charge in [0.2, 0.25) is 0 Å². The minimum atomic E-state index is -0.0465. The van der Waals surface area contributed by atoms with Crippen molar-refractivity contribution in [2.75, 3.05) is 31.2 Å². The number of pyridine rings is 1. The van der Waals surface area contributed by atoms with Gasteiger partial charge in [0.15, 0.2) is 0 Å². The van der Waals surface area contributed by atoms with Crippen LogP contribution >= 0.6 is 0 Å². The average Bonchev–Trinajstić information content (AvgIpc) is 3.11. The molecule has 130 valence electrons. The number of ether oxygens (including phenoxy) is 1. The van der Waals surface area contributed by atoms with E-state index in [1.165, 1.54) is 11.1 Å². The van der Waals surface area contributed by atoms with Crippen molar-refractivity contribution in [1.29, 1.82) is 0 Å². The number of benzene rings is 1. The molecule has 0 spiro atoms. The summed E-state index contributed by atoms with van der Waals surface area (Å²) >= 11 is 0. The van der Waals surface area contributed by atoms with Gasteiger partial charge in [0.25, 0.3) is 0 Å². The third kappa shape index (κ3) is 3.58. The first kappa shape index (κ1) is 15.9. The minimum Gasteiger partial charge on any atom is -0.378 e.